The molecule has 2 aliphatic carbocycles. The number of benzene rings is 7. The summed E-state index contributed by atoms with van der Waals surface area (Å²) in [5.41, 5.74) is 10.1. The highest BCUT2D eigenvalue weighted by atomic mass is 16.3. The number of para-hydroxylation sites is 2. The van der Waals surface area contributed by atoms with Gasteiger partial charge in [0.05, 0.1) is 5.56 Å². The summed E-state index contributed by atoms with van der Waals surface area (Å²) in [4.78, 5) is 15.8. The molecule has 0 aliphatic heterocycles. The maximum absolute atomic E-state index is 6.51. The summed E-state index contributed by atoms with van der Waals surface area (Å²) in [5.74, 6) is 1.90. The number of furan rings is 1. The van der Waals surface area contributed by atoms with E-state index in [9.17, 15) is 0 Å². The van der Waals surface area contributed by atoms with E-state index < -0.39 is 0 Å². The first-order valence-corrected chi connectivity index (χ1v) is 17.6. The van der Waals surface area contributed by atoms with Crippen LogP contribution in [0.3, 0.4) is 0 Å². The molecule has 9 aromatic rings. The zero-order valence-corrected chi connectivity index (χ0v) is 27.4. The van der Waals surface area contributed by atoms with Crippen LogP contribution in [-0.4, -0.2) is 15.0 Å². The molecule has 0 atom stereocenters. The molecule has 1 spiro atoms. The van der Waals surface area contributed by atoms with Gasteiger partial charge in [-0.3, -0.25) is 0 Å². The molecule has 4 heteroatoms. The lowest BCUT2D eigenvalue weighted by molar-refractivity contribution is 0.550. The second-order valence-electron chi connectivity index (χ2n) is 13.9. The fourth-order valence-electron chi connectivity index (χ4n) is 9.04. The van der Waals surface area contributed by atoms with Crippen LogP contribution >= 0.6 is 0 Å². The van der Waals surface area contributed by atoms with Gasteiger partial charge in [0.1, 0.15) is 11.2 Å². The zero-order valence-electron chi connectivity index (χ0n) is 27.4. The largest absolute Gasteiger partial charge is 0.455 e. The number of nitrogens with zero attached hydrogens (tertiary/aromatic N) is 3. The van der Waals surface area contributed by atoms with Crippen molar-refractivity contribution in [3.8, 4) is 45.3 Å². The van der Waals surface area contributed by atoms with Gasteiger partial charge in [0.15, 0.2) is 17.5 Å². The standard InChI is InChI=1S/C46H31N3O/c1-2-13-31-28(11-1)21-22-29-12-9-17-35(41(29)31)44-47-43(48-45(49-44)36-18-10-16-34-33-15-4-6-20-40(33)50-42(34)36)30-23-24-39-37(27-30)32-14-3-5-19-38(32)46(39)25-7-8-26-46/h1-6,9-24,27H,7-8,25-26H2. The van der Waals surface area contributed by atoms with Crippen LogP contribution in [0.15, 0.2) is 144 Å². The predicted molar refractivity (Wildman–Crippen MR) is 203 cm³/mol. The molecule has 0 saturated heterocycles. The third-order valence-electron chi connectivity index (χ3n) is 11.3. The summed E-state index contributed by atoms with van der Waals surface area (Å²) in [6.07, 6.45) is 4.94. The molecule has 0 N–H and O–H groups in total. The highest BCUT2D eigenvalue weighted by Gasteiger charge is 2.44. The van der Waals surface area contributed by atoms with Gasteiger partial charge in [0, 0.05) is 32.7 Å². The van der Waals surface area contributed by atoms with Crippen LogP contribution in [0.1, 0.15) is 36.8 Å². The van der Waals surface area contributed by atoms with Crippen LogP contribution in [0, 0.1) is 0 Å². The van der Waals surface area contributed by atoms with Gasteiger partial charge in [-0.25, -0.2) is 15.0 Å². The Morgan fingerprint density at radius 2 is 1.10 bits per heavy atom. The molecule has 1 fully saturated rings. The molecule has 7 aromatic carbocycles. The molecule has 0 bridgehead atoms. The van der Waals surface area contributed by atoms with Crippen LogP contribution in [0.2, 0.25) is 0 Å². The topological polar surface area (TPSA) is 51.8 Å². The Labute approximate surface area is 289 Å². The fourth-order valence-corrected chi connectivity index (χ4v) is 9.04. The van der Waals surface area contributed by atoms with Crippen LogP contribution in [-0.2, 0) is 5.41 Å². The summed E-state index contributed by atoms with van der Waals surface area (Å²) < 4.78 is 6.51. The van der Waals surface area contributed by atoms with Crippen LogP contribution < -0.4 is 0 Å². The van der Waals surface area contributed by atoms with Crippen molar-refractivity contribution in [2.45, 2.75) is 31.1 Å². The average molecular weight is 642 g/mol. The van der Waals surface area contributed by atoms with Crippen molar-refractivity contribution in [2.75, 3.05) is 0 Å². The van der Waals surface area contributed by atoms with E-state index in [1.807, 2.05) is 12.1 Å². The van der Waals surface area contributed by atoms with Crippen molar-refractivity contribution in [1.82, 2.24) is 15.0 Å². The van der Waals surface area contributed by atoms with Gasteiger partial charge in [-0.2, -0.15) is 0 Å². The molecule has 2 aliphatic rings. The third-order valence-corrected chi connectivity index (χ3v) is 11.3. The summed E-state index contributed by atoms with van der Waals surface area (Å²) in [6.45, 7) is 0. The van der Waals surface area contributed by atoms with Crippen molar-refractivity contribution in [3.05, 3.63) is 151 Å². The molecule has 0 radical (unpaired) electrons. The minimum atomic E-state index is 0.112. The Morgan fingerprint density at radius 1 is 0.460 bits per heavy atom. The number of hydrogen-bond acceptors (Lipinski definition) is 4. The summed E-state index contributed by atoms with van der Waals surface area (Å²) >= 11 is 0. The molecule has 4 nitrogen and oxygen atoms in total. The van der Waals surface area contributed by atoms with Crippen molar-refractivity contribution in [3.63, 3.8) is 0 Å². The Hall–Kier alpha value is -6.13. The van der Waals surface area contributed by atoms with Gasteiger partial charge in [-0.15, -0.1) is 0 Å². The lowest BCUT2D eigenvalue weighted by Gasteiger charge is -2.26. The predicted octanol–water partition coefficient (Wildman–Crippen LogP) is 11.9. The van der Waals surface area contributed by atoms with Crippen molar-refractivity contribution >= 4 is 43.5 Å². The van der Waals surface area contributed by atoms with Crippen LogP contribution in [0.5, 0.6) is 0 Å². The average Bonchev–Trinajstić information content (AvgIpc) is 3.90. The van der Waals surface area contributed by atoms with E-state index in [1.165, 1.54) is 58.7 Å². The molecule has 236 valence electrons. The first-order valence-electron chi connectivity index (χ1n) is 17.6. The number of aromatic nitrogens is 3. The second-order valence-corrected chi connectivity index (χ2v) is 13.9. The molecule has 1 saturated carbocycles. The first-order chi connectivity index (χ1) is 24.7. The normalized spacial score (nSPS) is 14.6. The van der Waals surface area contributed by atoms with Crippen LogP contribution in [0.25, 0.3) is 88.8 Å². The van der Waals surface area contributed by atoms with Crippen LogP contribution in [0.4, 0.5) is 0 Å². The van der Waals surface area contributed by atoms with E-state index in [2.05, 4.69) is 127 Å². The second kappa shape index (κ2) is 10.4. The minimum Gasteiger partial charge on any atom is -0.455 e. The summed E-state index contributed by atoms with van der Waals surface area (Å²) in [5, 5.41) is 6.79. The highest BCUT2D eigenvalue weighted by Crippen LogP contribution is 2.57. The van der Waals surface area contributed by atoms with E-state index >= 15 is 0 Å². The minimum absolute atomic E-state index is 0.112. The molecule has 2 aromatic heterocycles. The molecular formula is C46H31N3O. The molecule has 0 amide bonds. The Kier molecular flexibility index (Phi) is 5.80. The zero-order chi connectivity index (χ0) is 32.8. The number of rotatable bonds is 3. The van der Waals surface area contributed by atoms with E-state index in [-0.39, 0.29) is 5.41 Å². The molecule has 2 heterocycles. The number of fused-ring (bicyclic) bond motifs is 11. The van der Waals surface area contributed by atoms with Gasteiger partial charge in [0.25, 0.3) is 0 Å². The Balaban J connectivity index is 1.19. The van der Waals surface area contributed by atoms with Gasteiger partial charge in [0.2, 0.25) is 0 Å². The smallest absolute Gasteiger partial charge is 0.167 e. The van der Waals surface area contributed by atoms with Crippen molar-refractivity contribution in [1.29, 1.82) is 0 Å². The van der Waals surface area contributed by atoms with Crippen molar-refractivity contribution in [2.24, 2.45) is 0 Å². The molecule has 11 rings (SSSR count). The highest BCUT2D eigenvalue weighted by molar-refractivity contribution is 6.14. The first kappa shape index (κ1) is 27.8. The monoisotopic (exact) mass is 641 g/mol. The van der Waals surface area contributed by atoms with E-state index in [4.69, 9.17) is 19.4 Å². The fraction of sp³-hybridized carbons (Fsp3) is 0.109. The third kappa shape index (κ3) is 3.90. The molecular weight excluding hydrogens is 611 g/mol. The SMILES string of the molecule is c1ccc2c(c1)-c1cc(-c3nc(-c4cccc5c4oc4ccccc45)nc(-c4cccc5ccc6ccccc6c45)n3)ccc1C21CCCC1. The van der Waals surface area contributed by atoms with Gasteiger partial charge >= 0.3 is 0 Å². The lowest BCUT2D eigenvalue weighted by atomic mass is 9.77. The van der Waals surface area contributed by atoms with E-state index in [0.29, 0.717) is 17.5 Å². The van der Waals surface area contributed by atoms with Gasteiger partial charge < -0.3 is 4.42 Å². The quantitative estimate of drug-likeness (QED) is 0.180. The maximum atomic E-state index is 6.51. The Morgan fingerprint density at radius 3 is 2.02 bits per heavy atom. The van der Waals surface area contributed by atoms with E-state index in [1.54, 1.807) is 0 Å². The van der Waals surface area contributed by atoms with Gasteiger partial charge in [-0.05, 0) is 69.5 Å². The number of hydrogen-bond donors (Lipinski definition) is 0. The Bertz CT molecular complexity index is 2840. The lowest BCUT2D eigenvalue weighted by Crippen LogP contribution is -2.20. The maximum Gasteiger partial charge on any atom is 0.167 e. The van der Waals surface area contributed by atoms with E-state index in [0.717, 1.165) is 49.4 Å². The molecule has 50 heavy (non-hydrogen) atoms. The molecule has 0 unspecified atom stereocenters. The van der Waals surface area contributed by atoms with Crippen molar-refractivity contribution < 1.29 is 4.42 Å². The summed E-state index contributed by atoms with van der Waals surface area (Å²) in [7, 11) is 0. The summed E-state index contributed by atoms with van der Waals surface area (Å²) in [6, 6.07) is 49.7. The van der Waals surface area contributed by atoms with Gasteiger partial charge in [-0.1, -0.05) is 134 Å².